The van der Waals surface area contributed by atoms with E-state index in [1.807, 2.05) is 24.3 Å². The minimum Gasteiger partial charge on any atom is -0.496 e. The first-order valence-electron chi connectivity index (χ1n) is 7.84. The lowest BCUT2D eigenvalue weighted by molar-refractivity contribution is -0.118. The number of carbonyl (C=O) groups excluding carboxylic acids is 2. The number of Topliss-reactive ketones (excluding diaryl/α,β-unsaturated/α-hetero) is 2. The van der Waals surface area contributed by atoms with Gasteiger partial charge in [0.1, 0.15) is 23.9 Å². The molecule has 1 aliphatic heterocycles. The second-order valence-corrected chi connectivity index (χ2v) is 5.74. The monoisotopic (exact) mass is 338 g/mol. The number of ether oxygens (including phenoxy) is 3. The molecule has 2 aromatic rings. The molecule has 3 rings (SSSR count). The SMILES string of the molecule is COc1ccccc1/C=C1\Oc2c(ccc(OCC(C)=O)c2C)C1=O. The molecule has 0 unspecified atom stereocenters. The molecule has 2 aromatic carbocycles. The van der Waals surface area contributed by atoms with Gasteiger partial charge in [-0.05, 0) is 38.1 Å². The zero-order valence-electron chi connectivity index (χ0n) is 14.3. The number of carbonyl (C=O) groups is 2. The van der Waals surface area contributed by atoms with Crippen LogP contribution in [0.1, 0.15) is 28.4 Å². The predicted octanol–water partition coefficient (Wildman–Crippen LogP) is 3.59. The van der Waals surface area contributed by atoms with E-state index in [9.17, 15) is 9.59 Å². The molecule has 0 amide bonds. The van der Waals surface area contributed by atoms with Crippen LogP contribution in [0.2, 0.25) is 0 Å². The van der Waals surface area contributed by atoms with Gasteiger partial charge in [-0.1, -0.05) is 18.2 Å². The number of para-hydroxylation sites is 1. The first-order chi connectivity index (χ1) is 12.0. The Morgan fingerprint density at radius 2 is 1.92 bits per heavy atom. The number of benzene rings is 2. The first kappa shape index (κ1) is 16.8. The van der Waals surface area contributed by atoms with E-state index in [1.165, 1.54) is 6.92 Å². The van der Waals surface area contributed by atoms with E-state index in [-0.39, 0.29) is 23.9 Å². The number of allylic oxidation sites excluding steroid dienone is 1. The van der Waals surface area contributed by atoms with Gasteiger partial charge in [-0.25, -0.2) is 0 Å². The maximum atomic E-state index is 12.6. The van der Waals surface area contributed by atoms with Crippen molar-refractivity contribution >= 4 is 17.6 Å². The van der Waals surface area contributed by atoms with E-state index in [4.69, 9.17) is 14.2 Å². The lowest BCUT2D eigenvalue weighted by atomic mass is 10.1. The highest BCUT2D eigenvalue weighted by Gasteiger charge is 2.30. The van der Waals surface area contributed by atoms with Crippen molar-refractivity contribution in [3.63, 3.8) is 0 Å². The fourth-order valence-electron chi connectivity index (χ4n) is 2.63. The van der Waals surface area contributed by atoms with Gasteiger partial charge >= 0.3 is 0 Å². The van der Waals surface area contributed by atoms with Gasteiger partial charge < -0.3 is 14.2 Å². The Morgan fingerprint density at radius 3 is 2.64 bits per heavy atom. The average molecular weight is 338 g/mol. The molecule has 25 heavy (non-hydrogen) atoms. The number of hydrogen-bond donors (Lipinski definition) is 0. The van der Waals surface area contributed by atoms with Gasteiger partial charge in [0.2, 0.25) is 5.78 Å². The van der Waals surface area contributed by atoms with Gasteiger partial charge in [0, 0.05) is 11.1 Å². The molecule has 0 spiro atoms. The number of hydrogen-bond acceptors (Lipinski definition) is 5. The third kappa shape index (κ3) is 3.26. The third-order valence-corrected chi connectivity index (χ3v) is 3.89. The van der Waals surface area contributed by atoms with Crippen molar-refractivity contribution in [2.75, 3.05) is 13.7 Å². The van der Waals surface area contributed by atoms with Crippen LogP contribution in [0.4, 0.5) is 0 Å². The molecule has 0 N–H and O–H groups in total. The van der Waals surface area contributed by atoms with Crippen LogP contribution in [-0.4, -0.2) is 25.3 Å². The molecule has 1 heterocycles. The largest absolute Gasteiger partial charge is 0.496 e. The summed E-state index contributed by atoms with van der Waals surface area (Å²) in [6, 6.07) is 10.7. The smallest absolute Gasteiger partial charge is 0.231 e. The summed E-state index contributed by atoms with van der Waals surface area (Å²) in [4.78, 5) is 23.7. The average Bonchev–Trinajstić information content (AvgIpc) is 2.92. The summed E-state index contributed by atoms with van der Waals surface area (Å²) >= 11 is 0. The van der Waals surface area contributed by atoms with Crippen molar-refractivity contribution in [1.82, 2.24) is 0 Å². The Morgan fingerprint density at radius 1 is 1.16 bits per heavy atom. The molecular weight excluding hydrogens is 320 g/mol. The van der Waals surface area contributed by atoms with Gasteiger partial charge in [0.05, 0.1) is 12.7 Å². The van der Waals surface area contributed by atoms with Crippen LogP contribution in [0.25, 0.3) is 6.08 Å². The lowest BCUT2D eigenvalue weighted by Gasteiger charge is -2.10. The molecule has 0 radical (unpaired) electrons. The van der Waals surface area contributed by atoms with Gasteiger partial charge in [0.15, 0.2) is 11.5 Å². The minimum absolute atomic E-state index is 0.0164. The van der Waals surface area contributed by atoms with E-state index in [0.717, 1.165) is 5.56 Å². The van der Waals surface area contributed by atoms with Gasteiger partial charge in [-0.15, -0.1) is 0 Å². The molecule has 0 aliphatic carbocycles. The van der Waals surface area contributed by atoms with Crippen molar-refractivity contribution in [3.8, 4) is 17.2 Å². The Labute approximate surface area is 145 Å². The molecule has 0 fully saturated rings. The maximum absolute atomic E-state index is 12.6. The summed E-state index contributed by atoms with van der Waals surface area (Å²) in [5, 5.41) is 0. The van der Waals surface area contributed by atoms with E-state index in [0.29, 0.717) is 28.4 Å². The third-order valence-electron chi connectivity index (χ3n) is 3.89. The molecule has 0 atom stereocenters. The molecule has 0 bridgehead atoms. The number of methoxy groups -OCH3 is 1. The van der Waals surface area contributed by atoms with E-state index < -0.39 is 0 Å². The van der Waals surface area contributed by atoms with Crippen LogP contribution in [0, 0.1) is 6.92 Å². The summed E-state index contributed by atoms with van der Waals surface area (Å²) in [5.74, 6) is 1.61. The van der Waals surface area contributed by atoms with Crippen molar-refractivity contribution in [3.05, 3.63) is 58.8 Å². The van der Waals surface area contributed by atoms with E-state index in [1.54, 1.807) is 32.2 Å². The van der Waals surface area contributed by atoms with Crippen LogP contribution in [-0.2, 0) is 4.79 Å². The van der Waals surface area contributed by atoms with Gasteiger partial charge in [0.25, 0.3) is 0 Å². The standard InChI is InChI=1S/C20H18O5/c1-12(21)11-24-16-9-8-15-19(22)18(25-20(15)13(16)2)10-14-6-4-5-7-17(14)23-3/h4-10H,11H2,1-3H3/b18-10-. The molecule has 5 heteroatoms. The molecule has 0 saturated carbocycles. The molecule has 1 aliphatic rings. The summed E-state index contributed by atoms with van der Waals surface area (Å²) in [6.07, 6.45) is 1.66. The Hall–Kier alpha value is -3.08. The summed E-state index contributed by atoms with van der Waals surface area (Å²) < 4.78 is 16.6. The zero-order valence-corrected chi connectivity index (χ0v) is 14.3. The van der Waals surface area contributed by atoms with Crippen molar-refractivity contribution in [2.24, 2.45) is 0 Å². The van der Waals surface area contributed by atoms with Crippen molar-refractivity contribution in [2.45, 2.75) is 13.8 Å². The number of ketones is 2. The molecule has 0 aromatic heterocycles. The molecule has 0 saturated heterocycles. The van der Waals surface area contributed by atoms with E-state index >= 15 is 0 Å². The van der Waals surface area contributed by atoms with Crippen LogP contribution >= 0.6 is 0 Å². The first-order valence-corrected chi connectivity index (χ1v) is 7.84. The van der Waals surface area contributed by atoms with Crippen molar-refractivity contribution < 1.29 is 23.8 Å². The van der Waals surface area contributed by atoms with Crippen LogP contribution < -0.4 is 14.2 Å². The fourth-order valence-corrected chi connectivity index (χ4v) is 2.63. The topological polar surface area (TPSA) is 61.8 Å². The fraction of sp³-hybridized carbons (Fsp3) is 0.200. The summed E-state index contributed by atoms with van der Waals surface area (Å²) in [5.41, 5.74) is 1.93. The van der Waals surface area contributed by atoms with Crippen LogP contribution in [0.5, 0.6) is 17.2 Å². The van der Waals surface area contributed by atoms with Crippen LogP contribution in [0.15, 0.2) is 42.2 Å². The van der Waals surface area contributed by atoms with Crippen LogP contribution in [0.3, 0.4) is 0 Å². The maximum Gasteiger partial charge on any atom is 0.231 e. The lowest BCUT2D eigenvalue weighted by Crippen LogP contribution is -2.07. The highest BCUT2D eigenvalue weighted by Crippen LogP contribution is 2.39. The highest BCUT2D eigenvalue weighted by atomic mass is 16.5. The summed E-state index contributed by atoms with van der Waals surface area (Å²) in [6.45, 7) is 3.24. The number of rotatable bonds is 5. The second kappa shape index (κ2) is 6.81. The Balaban J connectivity index is 1.94. The zero-order chi connectivity index (χ0) is 18.0. The van der Waals surface area contributed by atoms with Gasteiger partial charge in [-0.3, -0.25) is 9.59 Å². The predicted molar refractivity (Wildman–Crippen MR) is 93.3 cm³/mol. The second-order valence-electron chi connectivity index (χ2n) is 5.74. The van der Waals surface area contributed by atoms with Gasteiger partial charge in [-0.2, -0.15) is 0 Å². The normalized spacial score (nSPS) is 14.2. The van der Waals surface area contributed by atoms with Crippen molar-refractivity contribution in [1.29, 1.82) is 0 Å². The Bertz CT molecular complexity index is 880. The van der Waals surface area contributed by atoms with E-state index in [2.05, 4.69) is 0 Å². The minimum atomic E-state index is -0.192. The molecular formula is C20H18O5. The Kier molecular flexibility index (Phi) is 4.57. The molecule has 128 valence electrons. The summed E-state index contributed by atoms with van der Waals surface area (Å²) in [7, 11) is 1.58. The highest BCUT2D eigenvalue weighted by molar-refractivity contribution is 6.15. The number of fused-ring (bicyclic) bond motifs is 1. The molecule has 5 nitrogen and oxygen atoms in total. The quantitative estimate of drug-likeness (QED) is 0.780.